The van der Waals surface area contributed by atoms with Crippen molar-refractivity contribution in [3.05, 3.63) is 35.3 Å². The van der Waals surface area contributed by atoms with Gasteiger partial charge < -0.3 is 9.88 Å². The normalized spacial score (nSPS) is 16.3. The second-order valence-electron chi connectivity index (χ2n) is 6.54. The summed E-state index contributed by atoms with van der Waals surface area (Å²) in [4.78, 5) is 29.8. The molecule has 0 spiro atoms. The van der Waals surface area contributed by atoms with Crippen LogP contribution in [-0.2, 0) is 16.4 Å². The lowest BCUT2D eigenvalue weighted by atomic mass is 10.2. The van der Waals surface area contributed by atoms with Crippen LogP contribution in [0, 0.1) is 13.8 Å². The molecule has 1 N–H and O–H groups in total. The quantitative estimate of drug-likeness (QED) is 0.828. The highest BCUT2D eigenvalue weighted by Crippen LogP contribution is 2.17. The van der Waals surface area contributed by atoms with Crippen molar-refractivity contribution in [2.75, 3.05) is 26.2 Å². The van der Waals surface area contributed by atoms with Crippen LogP contribution in [0.4, 0.5) is 0 Å². The maximum Gasteiger partial charge on any atom is 0.272 e. The maximum atomic E-state index is 12.8. The number of nitrogens with zero attached hydrogens (tertiary/aromatic N) is 5. The topological polar surface area (TPSA) is 112 Å². The predicted octanol–water partition coefficient (Wildman–Crippen LogP) is 0.916. The number of carbonyl (C=O) groups is 1. The average Bonchev–Trinajstić information content (AvgIpc) is 2.98. The molecule has 10 heteroatoms. The van der Waals surface area contributed by atoms with E-state index in [-0.39, 0.29) is 17.5 Å². The van der Waals surface area contributed by atoms with E-state index < -0.39 is 10.0 Å². The van der Waals surface area contributed by atoms with E-state index in [1.54, 1.807) is 17.9 Å². The van der Waals surface area contributed by atoms with Gasteiger partial charge in [0.1, 0.15) is 17.3 Å². The summed E-state index contributed by atoms with van der Waals surface area (Å²) >= 11 is 0. The Labute approximate surface area is 158 Å². The van der Waals surface area contributed by atoms with Crippen LogP contribution in [0.3, 0.4) is 0 Å². The van der Waals surface area contributed by atoms with Crippen LogP contribution in [-0.4, -0.2) is 69.6 Å². The lowest BCUT2D eigenvalue weighted by Gasteiger charge is -2.21. The second kappa shape index (κ2) is 7.73. The molecule has 0 atom stereocenters. The minimum absolute atomic E-state index is 0.0983. The van der Waals surface area contributed by atoms with Crippen LogP contribution in [0.2, 0.25) is 0 Å². The molecule has 3 heterocycles. The number of hydrogen-bond donors (Lipinski definition) is 1. The molecule has 0 radical (unpaired) electrons. The zero-order chi connectivity index (χ0) is 19.6. The van der Waals surface area contributed by atoms with E-state index in [0.29, 0.717) is 49.8 Å². The molecule has 1 aliphatic heterocycles. The van der Waals surface area contributed by atoms with Gasteiger partial charge in [-0.15, -0.1) is 0 Å². The number of rotatable bonds is 4. The van der Waals surface area contributed by atoms with Crippen molar-refractivity contribution in [2.24, 2.45) is 0 Å². The van der Waals surface area contributed by atoms with E-state index in [9.17, 15) is 13.2 Å². The summed E-state index contributed by atoms with van der Waals surface area (Å²) in [6, 6.07) is 1.66. The van der Waals surface area contributed by atoms with Gasteiger partial charge in [0.25, 0.3) is 15.9 Å². The van der Waals surface area contributed by atoms with Gasteiger partial charge in [0.15, 0.2) is 5.03 Å². The minimum atomic E-state index is -3.65. The zero-order valence-electron chi connectivity index (χ0n) is 15.8. The highest BCUT2D eigenvalue weighted by Gasteiger charge is 2.30. The third-order valence-corrected chi connectivity index (χ3v) is 6.29. The smallest absolute Gasteiger partial charge is 0.272 e. The molecular weight excluding hydrogens is 368 g/mol. The standard InChI is InChI=1S/C17H24N6O3S/c1-4-15-18-11-16(21-15)27(25,26)23-7-5-6-22(8-9-23)17(24)14-10-12(2)19-13(3)20-14/h10-11H,4-9H2,1-3H3,(H,18,21). The fourth-order valence-corrected chi connectivity index (χ4v) is 4.52. The molecule has 1 aliphatic rings. The number of aromatic nitrogens is 4. The van der Waals surface area contributed by atoms with Gasteiger partial charge in [0.05, 0.1) is 6.20 Å². The largest absolute Gasteiger partial charge is 0.336 e. The van der Waals surface area contributed by atoms with E-state index in [0.717, 1.165) is 5.69 Å². The number of carbonyl (C=O) groups excluding carboxylic acids is 1. The van der Waals surface area contributed by atoms with Gasteiger partial charge in [-0.2, -0.15) is 4.31 Å². The van der Waals surface area contributed by atoms with E-state index >= 15 is 0 Å². The first-order valence-corrected chi connectivity index (χ1v) is 10.4. The number of imidazole rings is 1. The summed E-state index contributed by atoms with van der Waals surface area (Å²) in [7, 11) is -3.65. The average molecular weight is 392 g/mol. The third kappa shape index (κ3) is 4.16. The van der Waals surface area contributed by atoms with Crippen LogP contribution < -0.4 is 0 Å². The van der Waals surface area contributed by atoms with Crippen molar-refractivity contribution >= 4 is 15.9 Å². The van der Waals surface area contributed by atoms with Gasteiger partial charge in [0, 0.05) is 38.3 Å². The Morgan fingerprint density at radius 3 is 2.63 bits per heavy atom. The summed E-state index contributed by atoms with van der Waals surface area (Å²) in [5.74, 6) is 0.982. The Morgan fingerprint density at radius 2 is 1.96 bits per heavy atom. The third-order valence-electron chi connectivity index (χ3n) is 4.49. The van der Waals surface area contributed by atoms with Crippen LogP contribution in [0.15, 0.2) is 17.3 Å². The van der Waals surface area contributed by atoms with Crippen molar-refractivity contribution in [3.63, 3.8) is 0 Å². The predicted molar refractivity (Wildman–Crippen MR) is 98.8 cm³/mol. The molecule has 27 heavy (non-hydrogen) atoms. The first-order chi connectivity index (χ1) is 12.8. The first-order valence-electron chi connectivity index (χ1n) is 8.97. The van der Waals surface area contributed by atoms with E-state index in [1.165, 1.54) is 10.5 Å². The van der Waals surface area contributed by atoms with Gasteiger partial charge in [-0.05, 0) is 26.3 Å². The van der Waals surface area contributed by atoms with Gasteiger partial charge >= 0.3 is 0 Å². The van der Waals surface area contributed by atoms with Gasteiger partial charge in [-0.3, -0.25) is 4.79 Å². The van der Waals surface area contributed by atoms with Crippen molar-refractivity contribution < 1.29 is 13.2 Å². The van der Waals surface area contributed by atoms with Gasteiger partial charge in [-0.25, -0.2) is 23.4 Å². The summed E-state index contributed by atoms with van der Waals surface area (Å²) in [6.07, 6.45) is 2.55. The van der Waals surface area contributed by atoms with Crippen LogP contribution in [0.25, 0.3) is 0 Å². The SMILES string of the molecule is CCc1ncc(S(=O)(=O)N2CCCN(C(=O)c3cc(C)nc(C)n3)CC2)[nH]1. The van der Waals surface area contributed by atoms with Crippen molar-refractivity contribution in [1.82, 2.24) is 29.1 Å². The molecule has 1 fully saturated rings. The summed E-state index contributed by atoms with van der Waals surface area (Å²) in [6.45, 7) is 6.85. The van der Waals surface area contributed by atoms with E-state index in [4.69, 9.17) is 0 Å². The monoisotopic (exact) mass is 392 g/mol. The molecule has 3 rings (SSSR count). The van der Waals surface area contributed by atoms with Crippen LogP contribution >= 0.6 is 0 Å². The van der Waals surface area contributed by atoms with Crippen molar-refractivity contribution in [2.45, 2.75) is 38.6 Å². The molecule has 0 unspecified atom stereocenters. The maximum absolute atomic E-state index is 12.8. The Balaban J connectivity index is 1.74. The molecule has 146 valence electrons. The zero-order valence-corrected chi connectivity index (χ0v) is 16.6. The number of aryl methyl sites for hydroxylation is 3. The van der Waals surface area contributed by atoms with Crippen LogP contribution in [0.1, 0.15) is 41.2 Å². The number of hydrogen-bond acceptors (Lipinski definition) is 6. The Hall–Kier alpha value is -2.33. The lowest BCUT2D eigenvalue weighted by molar-refractivity contribution is 0.0757. The Kier molecular flexibility index (Phi) is 5.56. The molecule has 9 nitrogen and oxygen atoms in total. The first kappa shape index (κ1) is 19.4. The highest BCUT2D eigenvalue weighted by molar-refractivity contribution is 7.89. The molecular formula is C17H24N6O3S. The van der Waals surface area contributed by atoms with Gasteiger partial charge in [0.2, 0.25) is 0 Å². The molecule has 2 aromatic heterocycles. The molecule has 0 bridgehead atoms. The summed E-state index contributed by atoms with van der Waals surface area (Å²) in [5, 5.41) is 0.0983. The summed E-state index contributed by atoms with van der Waals surface area (Å²) < 4.78 is 27.1. The minimum Gasteiger partial charge on any atom is -0.336 e. The second-order valence-corrected chi connectivity index (χ2v) is 8.45. The van der Waals surface area contributed by atoms with Crippen LogP contribution in [0.5, 0.6) is 0 Å². The lowest BCUT2D eigenvalue weighted by Crippen LogP contribution is -2.37. The molecule has 1 amide bonds. The Bertz CT molecular complexity index is 920. The molecule has 0 aromatic carbocycles. The fraction of sp³-hybridized carbons (Fsp3) is 0.529. The van der Waals surface area contributed by atoms with E-state index in [2.05, 4.69) is 19.9 Å². The molecule has 0 saturated carbocycles. The van der Waals surface area contributed by atoms with Crippen molar-refractivity contribution in [3.8, 4) is 0 Å². The molecule has 2 aromatic rings. The highest BCUT2D eigenvalue weighted by atomic mass is 32.2. The molecule has 0 aliphatic carbocycles. The number of nitrogens with one attached hydrogen (secondary N) is 1. The summed E-state index contributed by atoms with van der Waals surface area (Å²) in [5.41, 5.74) is 1.08. The fourth-order valence-electron chi connectivity index (χ4n) is 3.12. The molecule has 1 saturated heterocycles. The van der Waals surface area contributed by atoms with Crippen molar-refractivity contribution in [1.29, 1.82) is 0 Å². The number of aromatic amines is 1. The van der Waals surface area contributed by atoms with E-state index in [1.807, 2.05) is 13.8 Å². The van der Waals surface area contributed by atoms with Gasteiger partial charge in [-0.1, -0.05) is 6.92 Å². The number of sulfonamides is 1. The number of amides is 1. The number of H-pyrrole nitrogens is 1. The Morgan fingerprint density at radius 1 is 1.19 bits per heavy atom.